The van der Waals surface area contributed by atoms with Gasteiger partial charge in [-0.15, -0.1) is 0 Å². The monoisotopic (exact) mass is 397 g/mol. The number of aromatic amines is 1. The average molecular weight is 397 g/mol. The van der Waals surface area contributed by atoms with Gasteiger partial charge in [-0.1, -0.05) is 25.1 Å². The maximum absolute atomic E-state index is 12.4. The molecular weight excluding hydrogens is 378 g/mol. The second-order valence-electron chi connectivity index (χ2n) is 6.87. The first-order valence-electron chi connectivity index (χ1n) is 8.87. The largest absolute Gasteiger partial charge is 0.361 e. The van der Waals surface area contributed by atoms with Crippen molar-refractivity contribution in [1.29, 1.82) is 0 Å². The van der Waals surface area contributed by atoms with Crippen LogP contribution in [-0.4, -0.2) is 31.0 Å². The molecule has 2 aromatic carbocycles. The van der Waals surface area contributed by atoms with Crippen LogP contribution in [0.15, 0.2) is 54.7 Å². The number of anilines is 1. The molecule has 28 heavy (non-hydrogen) atoms. The molecule has 1 saturated heterocycles. The lowest BCUT2D eigenvalue weighted by molar-refractivity contribution is -0.119. The fourth-order valence-electron chi connectivity index (χ4n) is 3.39. The minimum Gasteiger partial charge on any atom is -0.361 e. The Morgan fingerprint density at radius 2 is 1.89 bits per heavy atom. The van der Waals surface area contributed by atoms with Crippen molar-refractivity contribution < 1.29 is 18.0 Å². The van der Waals surface area contributed by atoms with Crippen LogP contribution in [0.3, 0.4) is 0 Å². The van der Waals surface area contributed by atoms with Crippen LogP contribution in [-0.2, 0) is 21.4 Å². The number of para-hydroxylation sites is 1. The van der Waals surface area contributed by atoms with E-state index in [0.717, 1.165) is 20.8 Å². The van der Waals surface area contributed by atoms with Crippen LogP contribution in [0.2, 0.25) is 0 Å². The van der Waals surface area contributed by atoms with Gasteiger partial charge in [0, 0.05) is 29.2 Å². The zero-order chi connectivity index (χ0) is 19.9. The average Bonchev–Trinajstić information content (AvgIpc) is 3.17. The Morgan fingerprint density at radius 1 is 1.18 bits per heavy atom. The van der Waals surface area contributed by atoms with E-state index in [1.165, 1.54) is 24.3 Å². The van der Waals surface area contributed by atoms with E-state index in [2.05, 4.69) is 10.3 Å². The third-order valence-corrected chi connectivity index (χ3v) is 6.71. The standard InChI is InChI=1S/C20H19N3O4S/c1-13-12-28(26,27)23(20(13)25)16-8-6-14(7-9-16)19(24)22-11-15-10-21-18-5-3-2-4-17(15)18/h2-10,13,21H,11-12H2,1H3,(H,22,24). The van der Waals surface area contributed by atoms with E-state index in [9.17, 15) is 18.0 Å². The summed E-state index contributed by atoms with van der Waals surface area (Å²) in [5.41, 5.74) is 2.62. The molecule has 1 aromatic heterocycles. The predicted octanol–water partition coefficient (Wildman–Crippen LogP) is 2.41. The maximum Gasteiger partial charge on any atom is 0.251 e. The number of H-pyrrole nitrogens is 1. The number of aromatic nitrogens is 1. The van der Waals surface area contributed by atoms with Crippen LogP contribution < -0.4 is 9.62 Å². The molecule has 144 valence electrons. The summed E-state index contributed by atoms with van der Waals surface area (Å²) >= 11 is 0. The Morgan fingerprint density at radius 3 is 2.57 bits per heavy atom. The first kappa shape index (κ1) is 18.2. The molecule has 0 bridgehead atoms. The molecule has 2 N–H and O–H groups in total. The number of rotatable bonds is 4. The number of nitrogens with zero attached hydrogens (tertiary/aromatic N) is 1. The number of benzene rings is 2. The van der Waals surface area contributed by atoms with Gasteiger partial charge in [0.2, 0.25) is 15.9 Å². The molecular formula is C20H19N3O4S. The molecule has 1 fully saturated rings. The van der Waals surface area contributed by atoms with Crippen molar-refractivity contribution in [1.82, 2.24) is 10.3 Å². The summed E-state index contributed by atoms with van der Waals surface area (Å²) in [4.78, 5) is 27.7. The van der Waals surface area contributed by atoms with Crippen LogP contribution >= 0.6 is 0 Å². The second-order valence-corrected chi connectivity index (χ2v) is 8.73. The lowest BCUT2D eigenvalue weighted by Crippen LogP contribution is -2.30. The summed E-state index contributed by atoms with van der Waals surface area (Å²) in [5.74, 6) is -1.49. The minimum atomic E-state index is -3.65. The van der Waals surface area contributed by atoms with Crippen LogP contribution in [0.5, 0.6) is 0 Å². The van der Waals surface area contributed by atoms with Gasteiger partial charge in [-0.2, -0.15) is 0 Å². The van der Waals surface area contributed by atoms with E-state index in [4.69, 9.17) is 0 Å². The number of sulfonamides is 1. The molecule has 1 atom stereocenters. The van der Waals surface area contributed by atoms with Gasteiger partial charge in [-0.05, 0) is 35.9 Å². The lowest BCUT2D eigenvalue weighted by atomic mass is 10.1. The molecule has 1 unspecified atom stereocenters. The smallest absolute Gasteiger partial charge is 0.251 e. The second kappa shape index (κ2) is 6.79. The molecule has 0 saturated carbocycles. The van der Waals surface area contributed by atoms with Crippen LogP contribution in [0, 0.1) is 5.92 Å². The number of hydrogen-bond donors (Lipinski definition) is 2. The molecule has 3 aromatic rings. The van der Waals surface area contributed by atoms with Gasteiger partial charge in [-0.3, -0.25) is 9.59 Å². The van der Waals surface area contributed by atoms with E-state index in [1.54, 1.807) is 6.92 Å². The van der Waals surface area contributed by atoms with E-state index in [0.29, 0.717) is 12.1 Å². The molecule has 0 spiro atoms. The summed E-state index contributed by atoms with van der Waals surface area (Å²) in [5, 5.41) is 3.90. The third-order valence-electron chi connectivity index (χ3n) is 4.84. The maximum atomic E-state index is 12.4. The Hall–Kier alpha value is -3.13. The highest BCUT2D eigenvalue weighted by molar-refractivity contribution is 7.94. The topological polar surface area (TPSA) is 99.3 Å². The van der Waals surface area contributed by atoms with E-state index < -0.39 is 21.8 Å². The summed E-state index contributed by atoms with van der Waals surface area (Å²) in [6.45, 7) is 1.95. The molecule has 0 radical (unpaired) electrons. The van der Waals surface area contributed by atoms with Crippen molar-refractivity contribution in [3.05, 3.63) is 65.9 Å². The molecule has 4 rings (SSSR count). The van der Waals surface area contributed by atoms with Gasteiger partial charge < -0.3 is 10.3 Å². The van der Waals surface area contributed by atoms with Gasteiger partial charge in [-0.25, -0.2) is 12.7 Å². The molecule has 7 nitrogen and oxygen atoms in total. The number of amides is 2. The molecule has 2 heterocycles. The van der Waals surface area contributed by atoms with Crippen molar-refractivity contribution in [2.24, 2.45) is 5.92 Å². The fourth-order valence-corrected chi connectivity index (χ4v) is 5.21. The first-order valence-corrected chi connectivity index (χ1v) is 10.5. The predicted molar refractivity (Wildman–Crippen MR) is 106 cm³/mol. The number of carbonyl (C=O) groups excluding carboxylic acids is 2. The molecule has 8 heteroatoms. The highest BCUT2D eigenvalue weighted by Gasteiger charge is 2.41. The SMILES string of the molecule is CC1CS(=O)(=O)N(c2ccc(C(=O)NCc3c[nH]c4ccccc34)cc2)C1=O. The summed E-state index contributed by atoms with van der Waals surface area (Å²) in [7, 11) is -3.65. The van der Waals surface area contributed by atoms with Gasteiger partial charge >= 0.3 is 0 Å². The van der Waals surface area contributed by atoms with E-state index in [-0.39, 0.29) is 17.3 Å². The Kier molecular flexibility index (Phi) is 4.43. The minimum absolute atomic E-state index is 0.196. The number of fused-ring (bicyclic) bond motifs is 1. The highest BCUT2D eigenvalue weighted by Crippen LogP contribution is 2.28. The van der Waals surface area contributed by atoms with Crippen LogP contribution in [0.1, 0.15) is 22.8 Å². The zero-order valence-electron chi connectivity index (χ0n) is 15.2. The Labute approximate surface area is 162 Å². The van der Waals surface area contributed by atoms with Crippen LogP contribution in [0.4, 0.5) is 5.69 Å². The summed E-state index contributed by atoms with van der Waals surface area (Å²) in [6.07, 6.45) is 1.86. The summed E-state index contributed by atoms with van der Waals surface area (Å²) in [6, 6.07) is 13.8. The first-order chi connectivity index (χ1) is 13.4. The third kappa shape index (κ3) is 3.16. The Bertz CT molecular complexity index is 1170. The van der Waals surface area contributed by atoms with Crippen molar-refractivity contribution in [3.8, 4) is 0 Å². The number of carbonyl (C=O) groups is 2. The Balaban J connectivity index is 1.48. The number of nitrogens with one attached hydrogen (secondary N) is 2. The van der Waals surface area contributed by atoms with Crippen molar-refractivity contribution in [2.45, 2.75) is 13.5 Å². The highest BCUT2D eigenvalue weighted by atomic mass is 32.2. The van der Waals surface area contributed by atoms with Gasteiger partial charge in [0.1, 0.15) is 0 Å². The van der Waals surface area contributed by atoms with Crippen molar-refractivity contribution >= 4 is 38.4 Å². The van der Waals surface area contributed by atoms with Crippen molar-refractivity contribution in [3.63, 3.8) is 0 Å². The van der Waals surface area contributed by atoms with Gasteiger partial charge in [0.25, 0.3) is 5.91 Å². The molecule has 0 aliphatic carbocycles. The van der Waals surface area contributed by atoms with Gasteiger partial charge in [0.15, 0.2) is 0 Å². The zero-order valence-corrected chi connectivity index (χ0v) is 16.0. The normalized spacial score (nSPS) is 18.5. The van der Waals surface area contributed by atoms with Crippen LogP contribution in [0.25, 0.3) is 10.9 Å². The quantitative estimate of drug-likeness (QED) is 0.706. The summed E-state index contributed by atoms with van der Waals surface area (Å²) < 4.78 is 25.2. The van der Waals surface area contributed by atoms with Gasteiger partial charge in [0.05, 0.1) is 17.4 Å². The number of hydrogen-bond acceptors (Lipinski definition) is 4. The molecule has 2 amide bonds. The van der Waals surface area contributed by atoms with Crippen molar-refractivity contribution in [2.75, 3.05) is 10.1 Å². The van der Waals surface area contributed by atoms with E-state index in [1.807, 2.05) is 30.5 Å². The molecule has 1 aliphatic rings. The van der Waals surface area contributed by atoms with E-state index >= 15 is 0 Å². The fraction of sp³-hybridized carbons (Fsp3) is 0.200. The molecule has 1 aliphatic heterocycles. The lowest BCUT2D eigenvalue weighted by Gasteiger charge is -2.15.